The fraction of sp³-hybridized carbons (Fsp3) is 0.483. The summed E-state index contributed by atoms with van der Waals surface area (Å²) in [6.07, 6.45) is 0.467. The van der Waals surface area contributed by atoms with Gasteiger partial charge in [0, 0.05) is 11.4 Å². The zero-order valence-electron chi connectivity index (χ0n) is 21.9. The van der Waals surface area contributed by atoms with Gasteiger partial charge < -0.3 is 25.4 Å². The highest BCUT2D eigenvalue weighted by atomic mass is 16.5. The molecule has 37 heavy (non-hydrogen) atoms. The van der Waals surface area contributed by atoms with Crippen molar-refractivity contribution in [2.45, 2.75) is 64.3 Å². The molecule has 2 aromatic rings. The summed E-state index contributed by atoms with van der Waals surface area (Å²) >= 11 is 0. The van der Waals surface area contributed by atoms with E-state index in [-0.39, 0.29) is 30.2 Å². The Kier molecular flexibility index (Phi) is 6.15. The van der Waals surface area contributed by atoms with Gasteiger partial charge in [0.1, 0.15) is 11.6 Å². The van der Waals surface area contributed by atoms with Gasteiger partial charge in [-0.2, -0.15) is 0 Å². The molecule has 3 amide bonds. The maximum Gasteiger partial charge on any atom is 0.250 e. The lowest BCUT2D eigenvalue weighted by Gasteiger charge is -2.36. The zero-order chi connectivity index (χ0) is 26.7. The van der Waals surface area contributed by atoms with Crippen LogP contribution in [0.25, 0.3) is 0 Å². The largest absolute Gasteiger partial charge is 0.394 e. The molecule has 2 bridgehead atoms. The minimum atomic E-state index is -1.17. The van der Waals surface area contributed by atoms with E-state index in [0.29, 0.717) is 17.8 Å². The Morgan fingerprint density at radius 3 is 2.51 bits per heavy atom. The topological polar surface area (TPSA) is 108 Å². The SMILES string of the molecule is Cc1ccc(C)c(NC(=O)C2N([C@H](C)CO)C(=O)[C@@H]3[C@@H](C(=O)Nc4ccccc4)[C@]4(C)OC23CC4C)c1. The molecule has 3 N–H and O–H groups in total. The number of rotatable bonds is 6. The van der Waals surface area contributed by atoms with Crippen molar-refractivity contribution in [1.82, 2.24) is 4.90 Å². The van der Waals surface area contributed by atoms with Crippen LogP contribution in [0.2, 0.25) is 0 Å². The molecule has 2 aromatic carbocycles. The summed E-state index contributed by atoms with van der Waals surface area (Å²) < 4.78 is 6.71. The number of aryl methyl sites for hydroxylation is 2. The highest BCUT2D eigenvalue weighted by Gasteiger charge is 2.80. The quantitative estimate of drug-likeness (QED) is 0.559. The first-order valence-electron chi connectivity index (χ1n) is 12.9. The van der Waals surface area contributed by atoms with Crippen molar-refractivity contribution in [2.75, 3.05) is 17.2 Å². The first-order valence-corrected chi connectivity index (χ1v) is 12.9. The van der Waals surface area contributed by atoms with Gasteiger partial charge in [0.25, 0.3) is 0 Å². The third-order valence-corrected chi connectivity index (χ3v) is 8.71. The van der Waals surface area contributed by atoms with Crippen molar-refractivity contribution >= 4 is 29.1 Å². The molecule has 3 fully saturated rings. The maximum absolute atomic E-state index is 14.1. The average Bonchev–Trinajstić information content (AvgIpc) is 3.38. The molecule has 3 heterocycles. The average molecular weight is 506 g/mol. The number of aliphatic hydroxyl groups is 1. The van der Waals surface area contributed by atoms with Gasteiger partial charge in [-0.1, -0.05) is 37.3 Å². The van der Waals surface area contributed by atoms with E-state index in [2.05, 4.69) is 10.6 Å². The normalized spacial score (nSPS) is 32.8. The number of nitrogens with zero attached hydrogens (tertiary/aromatic N) is 1. The van der Waals surface area contributed by atoms with Gasteiger partial charge in [0.2, 0.25) is 17.7 Å². The van der Waals surface area contributed by atoms with Gasteiger partial charge in [-0.05, 0) is 69.4 Å². The molecule has 0 saturated carbocycles. The van der Waals surface area contributed by atoms with E-state index in [1.807, 2.05) is 64.1 Å². The smallest absolute Gasteiger partial charge is 0.250 e. The van der Waals surface area contributed by atoms with E-state index in [9.17, 15) is 19.5 Å². The van der Waals surface area contributed by atoms with Crippen molar-refractivity contribution in [3.05, 3.63) is 59.7 Å². The first-order chi connectivity index (χ1) is 17.5. The van der Waals surface area contributed by atoms with Crippen molar-refractivity contribution in [3.63, 3.8) is 0 Å². The number of hydrogen-bond donors (Lipinski definition) is 3. The molecule has 0 radical (unpaired) electrons. The number of carbonyl (C=O) groups excluding carboxylic acids is 3. The summed E-state index contributed by atoms with van der Waals surface area (Å²) in [5.41, 5.74) is 1.11. The number of likely N-dealkylation sites (tertiary alicyclic amines) is 1. The Labute approximate surface area is 217 Å². The number of benzene rings is 2. The summed E-state index contributed by atoms with van der Waals surface area (Å²) in [6.45, 7) is 9.15. The predicted molar refractivity (Wildman–Crippen MR) is 140 cm³/mol. The van der Waals surface area contributed by atoms with Gasteiger partial charge in [-0.25, -0.2) is 0 Å². The number of anilines is 2. The molecule has 8 nitrogen and oxygen atoms in total. The van der Waals surface area contributed by atoms with Crippen LogP contribution in [0.5, 0.6) is 0 Å². The van der Waals surface area contributed by atoms with E-state index in [4.69, 9.17) is 4.74 Å². The van der Waals surface area contributed by atoms with E-state index in [0.717, 1.165) is 11.1 Å². The van der Waals surface area contributed by atoms with Crippen LogP contribution in [-0.4, -0.2) is 57.6 Å². The molecule has 0 aromatic heterocycles. The van der Waals surface area contributed by atoms with Gasteiger partial charge in [0.05, 0.1) is 30.1 Å². The first kappa shape index (κ1) is 25.4. The Morgan fingerprint density at radius 1 is 1.14 bits per heavy atom. The molecule has 5 rings (SSSR count). The van der Waals surface area contributed by atoms with Crippen LogP contribution in [0, 0.1) is 31.6 Å². The second-order valence-electron chi connectivity index (χ2n) is 11.1. The fourth-order valence-corrected chi connectivity index (χ4v) is 6.75. The Balaban J connectivity index is 1.56. The van der Waals surface area contributed by atoms with Crippen LogP contribution in [-0.2, 0) is 19.1 Å². The minimum Gasteiger partial charge on any atom is -0.394 e. The summed E-state index contributed by atoms with van der Waals surface area (Å²) in [7, 11) is 0. The molecule has 8 heteroatoms. The Hall–Kier alpha value is -3.23. The summed E-state index contributed by atoms with van der Waals surface area (Å²) in [5.74, 6) is -2.68. The van der Waals surface area contributed by atoms with E-state index in [1.54, 1.807) is 19.1 Å². The number of para-hydroxylation sites is 1. The Bertz CT molecular complexity index is 1250. The molecule has 3 aliphatic rings. The Morgan fingerprint density at radius 2 is 1.84 bits per heavy atom. The fourth-order valence-electron chi connectivity index (χ4n) is 6.75. The molecule has 7 atom stereocenters. The number of aliphatic hydroxyl groups excluding tert-OH is 1. The zero-order valence-corrected chi connectivity index (χ0v) is 21.9. The van der Waals surface area contributed by atoms with Crippen LogP contribution in [0.3, 0.4) is 0 Å². The molecular formula is C29H35N3O5. The van der Waals surface area contributed by atoms with Crippen molar-refractivity contribution in [3.8, 4) is 0 Å². The number of nitrogens with one attached hydrogen (secondary N) is 2. The van der Waals surface area contributed by atoms with Gasteiger partial charge in [-0.3, -0.25) is 14.4 Å². The second-order valence-corrected chi connectivity index (χ2v) is 11.1. The molecule has 1 spiro atoms. The number of fused-ring (bicyclic) bond motifs is 1. The van der Waals surface area contributed by atoms with Crippen molar-refractivity contribution in [2.24, 2.45) is 17.8 Å². The van der Waals surface area contributed by atoms with Gasteiger partial charge in [-0.15, -0.1) is 0 Å². The lowest BCUT2D eigenvalue weighted by atomic mass is 9.62. The van der Waals surface area contributed by atoms with E-state index in [1.165, 1.54) is 4.90 Å². The molecule has 196 valence electrons. The maximum atomic E-state index is 14.1. The van der Waals surface area contributed by atoms with Crippen LogP contribution in [0.1, 0.15) is 38.3 Å². The third-order valence-electron chi connectivity index (χ3n) is 8.71. The number of hydrogen-bond acceptors (Lipinski definition) is 5. The summed E-state index contributed by atoms with van der Waals surface area (Å²) in [6, 6.07) is 13.3. The summed E-state index contributed by atoms with van der Waals surface area (Å²) in [5, 5.41) is 16.0. The minimum absolute atomic E-state index is 0.0662. The van der Waals surface area contributed by atoms with Crippen molar-refractivity contribution in [1.29, 1.82) is 0 Å². The molecule has 3 saturated heterocycles. The highest BCUT2D eigenvalue weighted by molar-refractivity contribution is 6.05. The highest BCUT2D eigenvalue weighted by Crippen LogP contribution is 2.65. The van der Waals surface area contributed by atoms with E-state index >= 15 is 0 Å². The van der Waals surface area contributed by atoms with Gasteiger partial charge in [0.15, 0.2) is 0 Å². The second kappa shape index (κ2) is 8.96. The number of amides is 3. The third kappa shape index (κ3) is 3.77. The van der Waals surface area contributed by atoms with Crippen LogP contribution in [0.4, 0.5) is 11.4 Å². The van der Waals surface area contributed by atoms with Crippen LogP contribution < -0.4 is 10.6 Å². The number of carbonyl (C=O) groups is 3. The molecule has 0 aliphatic carbocycles. The number of ether oxygens (including phenoxy) is 1. The lowest BCUT2D eigenvalue weighted by Crippen LogP contribution is -2.56. The van der Waals surface area contributed by atoms with Crippen molar-refractivity contribution < 1.29 is 24.2 Å². The van der Waals surface area contributed by atoms with Crippen LogP contribution >= 0.6 is 0 Å². The van der Waals surface area contributed by atoms with Gasteiger partial charge >= 0.3 is 0 Å². The molecule has 3 unspecified atom stereocenters. The molecule has 3 aliphatic heterocycles. The standard InChI is InChI=1S/C29H35N3O5/c1-16-11-12-17(2)21(13-16)31-26(35)24-29-14-18(3)28(5,37-29)22(23(29)27(36)32(24)19(4)15-33)25(34)30-20-9-7-6-8-10-20/h6-13,18-19,22-24,33H,14-15H2,1-5H3,(H,30,34)(H,31,35)/t18?,19-,22+,23+,24?,28-,29?/m1/s1. The molecular weight excluding hydrogens is 470 g/mol. The predicted octanol–water partition coefficient (Wildman–Crippen LogP) is 3.27. The van der Waals surface area contributed by atoms with E-state index < -0.39 is 35.1 Å². The monoisotopic (exact) mass is 505 g/mol. The summed E-state index contributed by atoms with van der Waals surface area (Å²) in [4.78, 5) is 43.2. The lowest BCUT2D eigenvalue weighted by molar-refractivity contribution is -0.147. The van der Waals surface area contributed by atoms with Crippen LogP contribution in [0.15, 0.2) is 48.5 Å².